The average molecular weight is 399 g/mol. The summed E-state index contributed by atoms with van der Waals surface area (Å²) in [5.41, 5.74) is 0.111. The van der Waals surface area contributed by atoms with E-state index in [2.05, 4.69) is 0 Å². The molecule has 0 saturated carbocycles. The number of benzene rings is 1. The van der Waals surface area contributed by atoms with E-state index >= 15 is 0 Å². The Balaban J connectivity index is 2.58. The highest BCUT2D eigenvalue weighted by molar-refractivity contribution is 8.06. The molecule has 2 atom stereocenters. The Bertz CT molecular complexity index is 1000. The highest BCUT2D eigenvalue weighted by atomic mass is 32.2. The maximum atomic E-state index is 11.7. The molecule has 2 N–H and O–H groups in total. The molecule has 10 heteroatoms. The quantitative estimate of drug-likeness (QED) is 0.569. The van der Waals surface area contributed by atoms with Gasteiger partial charge in [-0.05, 0) is 23.4 Å². The third-order valence-corrected chi connectivity index (χ3v) is 6.70. The first-order chi connectivity index (χ1) is 11.6. The van der Waals surface area contributed by atoms with Gasteiger partial charge in [-0.3, -0.25) is 9.11 Å². The minimum Gasteiger partial charge on any atom is -0.285 e. The van der Waals surface area contributed by atoms with Gasteiger partial charge in [0.05, 0.1) is 4.75 Å². The highest BCUT2D eigenvalue weighted by Gasteiger charge is 2.43. The van der Waals surface area contributed by atoms with Crippen molar-refractivity contribution >= 4 is 38.1 Å². The van der Waals surface area contributed by atoms with Crippen LogP contribution < -0.4 is 0 Å². The molecular formula is C15H13NO6S3. The summed E-state index contributed by atoms with van der Waals surface area (Å²) in [6.07, 6.45) is 8.20. The summed E-state index contributed by atoms with van der Waals surface area (Å²) < 4.78 is 63.6. The summed E-state index contributed by atoms with van der Waals surface area (Å²) in [7, 11) is -9.01. The minimum absolute atomic E-state index is 0.111. The predicted octanol–water partition coefficient (Wildman–Crippen LogP) is 2.28. The van der Waals surface area contributed by atoms with E-state index in [1.54, 1.807) is 5.40 Å². The van der Waals surface area contributed by atoms with Gasteiger partial charge in [-0.25, -0.2) is 0 Å². The normalized spacial score (nSPS) is 23.6. The molecule has 0 spiro atoms. The number of nitrogens with zero attached hydrogens (tertiary/aromatic N) is 1. The Morgan fingerprint density at radius 3 is 2.44 bits per heavy atom. The monoisotopic (exact) mass is 399 g/mol. The molecule has 0 fully saturated rings. The molecule has 1 aliphatic carbocycles. The summed E-state index contributed by atoms with van der Waals surface area (Å²) in [6.45, 7) is 0. The van der Waals surface area contributed by atoms with Gasteiger partial charge in [0.25, 0.3) is 20.2 Å². The van der Waals surface area contributed by atoms with Crippen molar-refractivity contribution in [2.24, 2.45) is 0 Å². The van der Waals surface area contributed by atoms with Crippen molar-refractivity contribution in [3.05, 3.63) is 60.2 Å². The van der Waals surface area contributed by atoms with Crippen molar-refractivity contribution < 1.29 is 25.9 Å². The van der Waals surface area contributed by atoms with Gasteiger partial charge in [0.2, 0.25) is 0 Å². The molecule has 2 unspecified atom stereocenters. The van der Waals surface area contributed by atoms with Crippen molar-refractivity contribution in [2.75, 3.05) is 0 Å². The van der Waals surface area contributed by atoms with Gasteiger partial charge in [0, 0.05) is 0 Å². The molecule has 7 nitrogen and oxygen atoms in total. The molecule has 25 heavy (non-hydrogen) atoms. The fourth-order valence-corrected chi connectivity index (χ4v) is 5.12. The van der Waals surface area contributed by atoms with Crippen LogP contribution >= 0.6 is 11.8 Å². The predicted molar refractivity (Wildman–Crippen MR) is 94.8 cm³/mol. The molecule has 2 rings (SSSR count). The summed E-state index contributed by atoms with van der Waals surface area (Å²) >= 11 is 0.597. The van der Waals surface area contributed by atoms with Gasteiger partial charge in [-0.15, -0.1) is 0 Å². The van der Waals surface area contributed by atoms with E-state index in [1.165, 1.54) is 60.7 Å². The maximum absolute atomic E-state index is 11.7. The molecule has 0 radical (unpaired) electrons. The summed E-state index contributed by atoms with van der Waals surface area (Å²) in [6, 6.07) is 5.56. The number of hydrogen-bond donors (Lipinski definition) is 2. The number of thioether (sulfide) groups is 1. The lowest BCUT2D eigenvalue weighted by atomic mass is 9.97. The molecule has 1 aliphatic rings. The zero-order valence-electron chi connectivity index (χ0n) is 12.6. The first-order valence-electron chi connectivity index (χ1n) is 6.75. The van der Waals surface area contributed by atoms with Crippen LogP contribution in [0.1, 0.15) is 5.56 Å². The third kappa shape index (κ3) is 4.39. The molecule has 1 aromatic carbocycles. The van der Waals surface area contributed by atoms with E-state index < -0.39 is 30.2 Å². The van der Waals surface area contributed by atoms with Crippen molar-refractivity contribution in [3.8, 4) is 5.40 Å². The number of allylic oxidation sites excluding steroid dienone is 2. The summed E-state index contributed by atoms with van der Waals surface area (Å²) in [5, 5.41) is 9.43. The van der Waals surface area contributed by atoms with Crippen molar-refractivity contribution in [1.29, 1.82) is 5.26 Å². The second-order valence-corrected chi connectivity index (χ2v) is 9.09. The molecule has 0 amide bonds. The zero-order chi connectivity index (χ0) is 18.7. The first-order valence-corrected chi connectivity index (χ1v) is 10.5. The van der Waals surface area contributed by atoms with Crippen LogP contribution in [0.5, 0.6) is 0 Å². The number of nitriles is 1. The van der Waals surface area contributed by atoms with E-state index in [9.17, 15) is 25.9 Å². The SMILES string of the molecule is N#CSC1(C=Cc2ccccc2S(=O)(=O)O)C=CC=CC1S(=O)(=O)O. The minimum atomic E-state index is -4.53. The Kier molecular flexibility index (Phi) is 5.55. The van der Waals surface area contributed by atoms with Crippen LogP contribution in [-0.2, 0) is 20.2 Å². The van der Waals surface area contributed by atoms with Crippen LogP contribution in [0, 0.1) is 10.7 Å². The first kappa shape index (κ1) is 19.4. The largest absolute Gasteiger partial charge is 0.295 e. The Morgan fingerprint density at radius 2 is 1.84 bits per heavy atom. The van der Waals surface area contributed by atoms with Gasteiger partial charge in [0.15, 0.2) is 0 Å². The zero-order valence-corrected chi connectivity index (χ0v) is 15.0. The van der Waals surface area contributed by atoms with Crippen LogP contribution in [0.15, 0.2) is 59.5 Å². The van der Waals surface area contributed by atoms with Crippen LogP contribution in [0.25, 0.3) is 6.08 Å². The van der Waals surface area contributed by atoms with Crippen LogP contribution in [-0.4, -0.2) is 35.9 Å². The molecular weight excluding hydrogens is 386 g/mol. The van der Waals surface area contributed by atoms with Crippen molar-refractivity contribution in [2.45, 2.75) is 14.9 Å². The second kappa shape index (κ2) is 7.15. The fraction of sp³-hybridized carbons (Fsp3) is 0.133. The van der Waals surface area contributed by atoms with E-state index in [1.807, 2.05) is 0 Å². The van der Waals surface area contributed by atoms with Gasteiger partial charge in [-0.1, -0.05) is 54.7 Å². The van der Waals surface area contributed by atoms with Crippen LogP contribution in [0.3, 0.4) is 0 Å². The lowest BCUT2D eigenvalue weighted by molar-refractivity contribution is 0.471. The maximum Gasteiger partial charge on any atom is 0.295 e. The average Bonchev–Trinajstić information content (AvgIpc) is 2.52. The summed E-state index contributed by atoms with van der Waals surface area (Å²) in [5.74, 6) is 0. The van der Waals surface area contributed by atoms with Gasteiger partial charge in [-0.2, -0.15) is 22.1 Å². The lowest BCUT2D eigenvalue weighted by Gasteiger charge is -2.30. The summed E-state index contributed by atoms with van der Waals surface area (Å²) in [4.78, 5) is -0.359. The molecule has 0 aliphatic heterocycles. The second-order valence-electron chi connectivity index (χ2n) is 5.07. The van der Waals surface area contributed by atoms with E-state index in [0.717, 1.165) is 0 Å². The molecule has 0 saturated heterocycles. The van der Waals surface area contributed by atoms with Crippen LogP contribution in [0.2, 0.25) is 0 Å². The standard InChI is InChI=1S/C15H13NO6S3/c16-11-23-15(9-4-3-7-14(15)25(20,21)22)10-8-12-5-1-2-6-13(12)24(17,18)19/h1-10,14H,(H,17,18,19)(H,20,21,22). The van der Waals surface area contributed by atoms with Crippen molar-refractivity contribution in [1.82, 2.24) is 0 Å². The third-order valence-electron chi connectivity index (χ3n) is 3.46. The Morgan fingerprint density at radius 1 is 1.16 bits per heavy atom. The molecule has 0 aromatic heterocycles. The van der Waals surface area contributed by atoms with Crippen molar-refractivity contribution in [3.63, 3.8) is 0 Å². The topological polar surface area (TPSA) is 133 Å². The molecule has 1 aromatic rings. The number of hydrogen-bond acceptors (Lipinski definition) is 6. The number of thiocyanates is 1. The smallest absolute Gasteiger partial charge is 0.285 e. The van der Waals surface area contributed by atoms with Gasteiger partial charge in [0.1, 0.15) is 15.5 Å². The fourth-order valence-electron chi connectivity index (χ4n) is 2.38. The van der Waals surface area contributed by atoms with E-state index in [0.29, 0.717) is 11.8 Å². The van der Waals surface area contributed by atoms with Crippen LogP contribution in [0.4, 0.5) is 0 Å². The number of rotatable bonds is 5. The van der Waals surface area contributed by atoms with Gasteiger partial charge >= 0.3 is 0 Å². The van der Waals surface area contributed by atoms with E-state index in [4.69, 9.17) is 5.26 Å². The molecule has 0 heterocycles. The molecule has 0 bridgehead atoms. The molecule has 132 valence electrons. The lowest BCUT2D eigenvalue weighted by Crippen LogP contribution is -2.40. The Hall–Kier alpha value is -1.90. The Labute approximate surface area is 149 Å². The van der Waals surface area contributed by atoms with E-state index in [-0.39, 0.29) is 10.5 Å². The van der Waals surface area contributed by atoms with Gasteiger partial charge < -0.3 is 0 Å². The highest BCUT2D eigenvalue weighted by Crippen LogP contribution is 2.39.